The van der Waals surface area contributed by atoms with Crippen LogP contribution in [0.25, 0.3) is 0 Å². The van der Waals surface area contributed by atoms with Crippen LogP contribution in [0.5, 0.6) is 0 Å². The zero-order chi connectivity index (χ0) is 7.82. The van der Waals surface area contributed by atoms with Crippen LogP contribution < -0.4 is 0 Å². The Labute approximate surface area is 73.4 Å². The Kier molecular flexibility index (Phi) is 29.1. The third-order valence-corrected chi connectivity index (χ3v) is 0.940. The highest BCUT2D eigenvalue weighted by molar-refractivity contribution is 5.11. The van der Waals surface area contributed by atoms with Crippen molar-refractivity contribution in [3.8, 4) is 0 Å². The summed E-state index contributed by atoms with van der Waals surface area (Å²) >= 11 is 0. The number of benzene rings is 1. The molecule has 0 amide bonds. The van der Waals surface area contributed by atoms with Gasteiger partial charge in [-0.05, 0) is 6.92 Å². The number of hydrogen-bond acceptors (Lipinski definition) is 2. The molecular weight excluding hydrogens is 187 g/mol. The molecule has 3 nitrogen and oxygen atoms in total. The summed E-state index contributed by atoms with van der Waals surface area (Å²) in [7, 11) is 0. The SMILES string of the molecule is Cc1ccccc1.F.F.F.O=NO. The van der Waals surface area contributed by atoms with Crippen molar-refractivity contribution in [2.75, 3.05) is 0 Å². The van der Waals surface area contributed by atoms with E-state index in [0.717, 1.165) is 0 Å². The number of aryl methyl sites for hydroxylation is 1. The molecule has 6 heteroatoms. The van der Waals surface area contributed by atoms with E-state index in [-0.39, 0.29) is 14.1 Å². The smallest absolute Gasteiger partial charge is 0.152 e. The molecule has 78 valence electrons. The van der Waals surface area contributed by atoms with Crippen LogP contribution in [0.15, 0.2) is 35.7 Å². The van der Waals surface area contributed by atoms with Gasteiger partial charge in [0.25, 0.3) is 0 Å². The summed E-state index contributed by atoms with van der Waals surface area (Å²) in [5.74, 6) is 0. The predicted molar refractivity (Wildman–Crippen MR) is 46.3 cm³/mol. The van der Waals surface area contributed by atoms with Crippen LogP contribution in [0.3, 0.4) is 0 Å². The van der Waals surface area contributed by atoms with Crippen molar-refractivity contribution in [3.63, 3.8) is 0 Å². The lowest BCUT2D eigenvalue weighted by Gasteiger charge is -1.82. The minimum atomic E-state index is 0. The number of hydrogen-bond donors (Lipinski definition) is 1. The van der Waals surface area contributed by atoms with Crippen molar-refractivity contribution in [1.29, 1.82) is 0 Å². The van der Waals surface area contributed by atoms with Crippen LogP contribution in [-0.4, -0.2) is 5.21 Å². The number of nitrogens with zero attached hydrogens (tertiary/aromatic N) is 1. The van der Waals surface area contributed by atoms with Gasteiger partial charge in [-0.15, -0.1) is 4.91 Å². The van der Waals surface area contributed by atoms with E-state index in [4.69, 9.17) is 10.1 Å². The van der Waals surface area contributed by atoms with Crippen LogP contribution >= 0.6 is 0 Å². The van der Waals surface area contributed by atoms with E-state index >= 15 is 0 Å². The topological polar surface area (TPSA) is 49.7 Å². The summed E-state index contributed by atoms with van der Waals surface area (Å²) < 4.78 is 0. The molecule has 0 fully saturated rings. The molecule has 1 aromatic carbocycles. The van der Waals surface area contributed by atoms with Crippen molar-refractivity contribution in [3.05, 3.63) is 40.8 Å². The summed E-state index contributed by atoms with van der Waals surface area (Å²) in [5, 5.41) is 7.89. The lowest BCUT2D eigenvalue weighted by molar-refractivity contribution is 0.312. The van der Waals surface area contributed by atoms with Crippen LogP contribution in [0, 0.1) is 11.8 Å². The van der Waals surface area contributed by atoms with Crippen molar-refractivity contribution in [2.24, 2.45) is 5.34 Å². The summed E-state index contributed by atoms with van der Waals surface area (Å²) in [6.07, 6.45) is 0. The van der Waals surface area contributed by atoms with Gasteiger partial charge in [-0.2, -0.15) is 0 Å². The Morgan fingerprint density at radius 1 is 1.08 bits per heavy atom. The van der Waals surface area contributed by atoms with Gasteiger partial charge in [0.1, 0.15) is 0 Å². The first kappa shape index (κ1) is 22.5. The molecule has 1 rings (SSSR count). The predicted octanol–water partition coefficient (Wildman–Crippen LogP) is 2.59. The number of halogens is 3. The molecule has 0 saturated carbocycles. The van der Waals surface area contributed by atoms with Crippen molar-refractivity contribution in [1.82, 2.24) is 0 Å². The molecular formula is C7H12F3NO2. The summed E-state index contributed by atoms with van der Waals surface area (Å²) in [6, 6.07) is 10.3. The maximum Gasteiger partial charge on any atom is 0.152 e. The highest BCUT2D eigenvalue weighted by Crippen LogP contribution is 1.92. The molecule has 0 aromatic heterocycles. The first-order valence-electron chi connectivity index (χ1n) is 2.79. The van der Waals surface area contributed by atoms with E-state index < -0.39 is 0 Å². The molecule has 0 radical (unpaired) electrons. The number of rotatable bonds is 0. The third kappa shape index (κ3) is 17.9. The summed E-state index contributed by atoms with van der Waals surface area (Å²) in [5.41, 5.74) is 1.32. The Balaban J connectivity index is -0.0000000615. The highest BCUT2D eigenvalue weighted by atomic mass is 19.0. The standard InChI is InChI=1S/C7H8.3FH.HNO2/c1-7-5-3-2-4-6-7;;;;2-1-3/h2-6H,1H3;3*1H;(H,2,3). The Bertz CT molecular complexity index is 184. The molecule has 0 bridgehead atoms. The van der Waals surface area contributed by atoms with Gasteiger partial charge >= 0.3 is 0 Å². The molecule has 0 atom stereocenters. The van der Waals surface area contributed by atoms with Crippen LogP contribution in [0.1, 0.15) is 5.56 Å². The van der Waals surface area contributed by atoms with Gasteiger partial charge in [-0.25, -0.2) is 0 Å². The average Bonchev–Trinajstić information content (AvgIpc) is 1.91. The lowest BCUT2D eigenvalue weighted by atomic mass is 10.2. The van der Waals surface area contributed by atoms with E-state index in [1.165, 1.54) is 10.9 Å². The first-order valence-corrected chi connectivity index (χ1v) is 2.79. The Hall–Kier alpha value is -1.59. The highest BCUT2D eigenvalue weighted by Gasteiger charge is 1.72. The minimum absolute atomic E-state index is 0. The first-order chi connectivity index (χ1) is 4.81. The molecule has 0 saturated heterocycles. The van der Waals surface area contributed by atoms with Crippen LogP contribution in [0.4, 0.5) is 14.1 Å². The second-order valence-electron chi connectivity index (χ2n) is 1.74. The van der Waals surface area contributed by atoms with Gasteiger partial charge in [0, 0.05) is 0 Å². The molecule has 1 aromatic rings. The molecule has 0 unspecified atom stereocenters. The third-order valence-electron chi connectivity index (χ3n) is 0.940. The van der Waals surface area contributed by atoms with Crippen molar-refractivity contribution >= 4 is 0 Å². The van der Waals surface area contributed by atoms with E-state index in [9.17, 15) is 0 Å². The monoisotopic (exact) mass is 199 g/mol. The molecule has 1 N–H and O–H groups in total. The minimum Gasteiger partial charge on any atom is -0.379 e. The second-order valence-corrected chi connectivity index (χ2v) is 1.74. The van der Waals surface area contributed by atoms with E-state index in [1.54, 1.807) is 0 Å². The van der Waals surface area contributed by atoms with Gasteiger partial charge in [0.05, 0.1) is 0 Å². The Morgan fingerprint density at radius 3 is 1.54 bits per heavy atom. The van der Waals surface area contributed by atoms with Crippen LogP contribution in [0.2, 0.25) is 0 Å². The molecule has 0 aliphatic rings. The Morgan fingerprint density at radius 2 is 1.38 bits per heavy atom. The van der Waals surface area contributed by atoms with Gasteiger partial charge in [-0.3, -0.25) is 14.1 Å². The fraction of sp³-hybridized carbons (Fsp3) is 0.143. The summed E-state index contributed by atoms with van der Waals surface area (Å²) in [6.45, 7) is 2.08. The van der Waals surface area contributed by atoms with E-state index in [2.05, 4.69) is 19.1 Å². The summed E-state index contributed by atoms with van der Waals surface area (Å²) in [4.78, 5) is 8.11. The second kappa shape index (κ2) is 16.8. The van der Waals surface area contributed by atoms with E-state index in [1.807, 2.05) is 18.2 Å². The van der Waals surface area contributed by atoms with Gasteiger partial charge in [0.15, 0.2) is 5.34 Å². The van der Waals surface area contributed by atoms with Crippen molar-refractivity contribution < 1.29 is 19.3 Å². The molecule has 0 aliphatic heterocycles. The maximum atomic E-state index is 8.11. The maximum absolute atomic E-state index is 8.11. The van der Waals surface area contributed by atoms with E-state index in [0.29, 0.717) is 0 Å². The van der Waals surface area contributed by atoms with Gasteiger partial charge in [-0.1, -0.05) is 35.9 Å². The van der Waals surface area contributed by atoms with Gasteiger partial charge < -0.3 is 5.21 Å². The molecule has 0 spiro atoms. The zero-order valence-electron chi connectivity index (χ0n) is 6.91. The van der Waals surface area contributed by atoms with Crippen LogP contribution in [-0.2, 0) is 0 Å². The normalized spacial score (nSPS) is 5.62. The fourth-order valence-corrected chi connectivity index (χ4v) is 0.534. The average molecular weight is 199 g/mol. The molecule has 13 heavy (non-hydrogen) atoms. The zero-order valence-corrected chi connectivity index (χ0v) is 6.91. The fourth-order valence-electron chi connectivity index (χ4n) is 0.534. The largest absolute Gasteiger partial charge is 0.379 e. The molecule has 0 aliphatic carbocycles. The quantitative estimate of drug-likeness (QED) is 0.515. The van der Waals surface area contributed by atoms with Crippen molar-refractivity contribution in [2.45, 2.75) is 6.92 Å². The van der Waals surface area contributed by atoms with Gasteiger partial charge in [0.2, 0.25) is 0 Å². The lowest BCUT2D eigenvalue weighted by Crippen LogP contribution is -1.62. The molecule has 0 heterocycles.